The van der Waals surface area contributed by atoms with Crippen LogP contribution in [0.15, 0.2) is 36.7 Å². The van der Waals surface area contributed by atoms with Crippen LogP contribution >= 0.6 is 24.2 Å². The van der Waals surface area contributed by atoms with Crippen molar-refractivity contribution in [2.75, 3.05) is 36.5 Å². The monoisotopic (exact) mass is 423 g/mol. The van der Waals surface area contributed by atoms with Crippen LogP contribution in [0.25, 0.3) is 0 Å². The first-order valence-corrected chi connectivity index (χ1v) is 10.1. The van der Waals surface area contributed by atoms with Crippen LogP contribution in [0.1, 0.15) is 17.4 Å². The van der Waals surface area contributed by atoms with Gasteiger partial charge in [-0.25, -0.2) is 4.98 Å². The number of piperazine rings is 1. The SMILES string of the molecule is Cc1ccc(NC(=O)CSCC(=O)N2CCNCC2c2nccn2C)cc1.Cl. The number of aromatic nitrogens is 2. The Morgan fingerprint density at radius 2 is 2.04 bits per heavy atom. The second-order valence-electron chi connectivity index (χ2n) is 6.61. The molecule has 9 heteroatoms. The molecule has 2 heterocycles. The number of nitrogens with zero attached hydrogens (tertiary/aromatic N) is 3. The number of nitrogens with one attached hydrogen (secondary N) is 2. The number of halogens is 1. The summed E-state index contributed by atoms with van der Waals surface area (Å²) < 4.78 is 1.94. The zero-order valence-electron chi connectivity index (χ0n) is 16.1. The maximum Gasteiger partial charge on any atom is 0.234 e. The number of anilines is 1. The standard InChI is InChI=1S/C19H25N5O2S.ClH/c1-14-3-5-15(6-4-14)22-17(25)12-27-13-18(26)24-10-7-20-11-16(24)19-21-8-9-23(19)2;/h3-6,8-9,16,20H,7,10-13H2,1-2H3,(H,22,25);1H. The first kappa shape index (κ1) is 22.3. The number of carbonyl (C=O) groups excluding carboxylic acids is 2. The summed E-state index contributed by atoms with van der Waals surface area (Å²) in [5.74, 6) is 1.34. The third-order valence-corrected chi connectivity index (χ3v) is 5.43. The van der Waals surface area contributed by atoms with E-state index in [0.29, 0.717) is 13.1 Å². The predicted molar refractivity (Wildman–Crippen MR) is 115 cm³/mol. The highest BCUT2D eigenvalue weighted by Crippen LogP contribution is 2.21. The average Bonchev–Trinajstić information content (AvgIpc) is 3.09. The normalized spacial score (nSPS) is 16.4. The highest BCUT2D eigenvalue weighted by Gasteiger charge is 2.30. The van der Waals surface area contributed by atoms with Gasteiger partial charge in [0.2, 0.25) is 11.8 Å². The van der Waals surface area contributed by atoms with Gasteiger partial charge in [-0.2, -0.15) is 0 Å². The van der Waals surface area contributed by atoms with Crippen molar-refractivity contribution in [2.45, 2.75) is 13.0 Å². The lowest BCUT2D eigenvalue weighted by Gasteiger charge is -2.35. The van der Waals surface area contributed by atoms with Crippen LogP contribution in [0.4, 0.5) is 5.69 Å². The molecule has 2 N–H and O–H groups in total. The molecule has 7 nitrogen and oxygen atoms in total. The van der Waals surface area contributed by atoms with E-state index in [9.17, 15) is 9.59 Å². The number of aryl methyl sites for hydroxylation is 2. The third-order valence-electron chi connectivity index (χ3n) is 4.51. The Morgan fingerprint density at radius 1 is 1.29 bits per heavy atom. The molecule has 0 aliphatic carbocycles. The number of thioether (sulfide) groups is 1. The first-order chi connectivity index (χ1) is 13.0. The zero-order chi connectivity index (χ0) is 19.2. The van der Waals surface area contributed by atoms with Gasteiger partial charge in [0.15, 0.2) is 0 Å². The Hall–Kier alpha value is -2.03. The molecule has 0 bridgehead atoms. The van der Waals surface area contributed by atoms with E-state index in [0.717, 1.165) is 23.6 Å². The van der Waals surface area contributed by atoms with Gasteiger partial charge in [0.1, 0.15) is 11.9 Å². The Morgan fingerprint density at radius 3 is 2.71 bits per heavy atom. The van der Waals surface area contributed by atoms with E-state index < -0.39 is 0 Å². The maximum absolute atomic E-state index is 12.7. The summed E-state index contributed by atoms with van der Waals surface area (Å²) in [5.41, 5.74) is 1.92. The number of imidazole rings is 1. The molecule has 3 rings (SSSR count). The minimum absolute atomic E-state index is 0. The minimum atomic E-state index is -0.0994. The van der Waals surface area contributed by atoms with Crippen LogP contribution in [0, 0.1) is 6.92 Å². The van der Waals surface area contributed by atoms with E-state index in [1.807, 2.05) is 53.9 Å². The van der Waals surface area contributed by atoms with E-state index in [2.05, 4.69) is 15.6 Å². The van der Waals surface area contributed by atoms with E-state index in [4.69, 9.17) is 0 Å². The Balaban J connectivity index is 0.00000280. The average molecular weight is 424 g/mol. The van der Waals surface area contributed by atoms with Crippen molar-refractivity contribution in [1.29, 1.82) is 0 Å². The van der Waals surface area contributed by atoms with Gasteiger partial charge in [-0.05, 0) is 19.1 Å². The molecule has 1 aliphatic rings. The van der Waals surface area contributed by atoms with Crippen molar-refractivity contribution >= 4 is 41.7 Å². The Labute approximate surface area is 175 Å². The van der Waals surface area contributed by atoms with Crippen molar-refractivity contribution in [3.8, 4) is 0 Å². The molecule has 28 heavy (non-hydrogen) atoms. The van der Waals surface area contributed by atoms with Crippen LogP contribution < -0.4 is 10.6 Å². The fourth-order valence-corrected chi connectivity index (χ4v) is 3.78. The molecular formula is C19H26ClN5O2S. The van der Waals surface area contributed by atoms with Gasteiger partial charge >= 0.3 is 0 Å². The number of amides is 2. The summed E-state index contributed by atoms with van der Waals surface area (Å²) in [6.45, 7) is 4.11. The quantitative estimate of drug-likeness (QED) is 0.742. The van der Waals surface area contributed by atoms with Crippen molar-refractivity contribution in [1.82, 2.24) is 19.8 Å². The number of hydrogen-bond donors (Lipinski definition) is 2. The molecule has 1 unspecified atom stereocenters. The van der Waals surface area contributed by atoms with Crippen molar-refractivity contribution in [2.24, 2.45) is 7.05 Å². The topological polar surface area (TPSA) is 79.3 Å². The lowest BCUT2D eigenvalue weighted by molar-refractivity contribution is -0.131. The molecule has 1 atom stereocenters. The smallest absolute Gasteiger partial charge is 0.234 e. The molecule has 0 spiro atoms. The summed E-state index contributed by atoms with van der Waals surface area (Å²) in [6.07, 6.45) is 3.63. The zero-order valence-corrected chi connectivity index (χ0v) is 17.7. The van der Waals surface area contributed by atoms with Gasteiger partial charge < -0.3 is 20.1 Å². The molecule has 0 saturated carbocycles. The van der Waals surface area contributed by atoms with Gasteiger partial charge in [-0.15, -0.1) is 24.2 Å². The molecule has 1 aromatic carbocycles. The lowest BCUT2D eigenvalue weighted by Crippen LogP contribution is -2.50. The van der Waals surface area contributed by atoms with Crippen LogP contribution in [0.5, 0.6) is 0 Å². The second-order valence-corrected chi connectivity index (χ2v) is 7.60. The van der Waals surface area contributed by atoms with Gasteiger partial charge in [0, 0.05) is 44.8 Å². The molecule has 152 valence electrons. The summed E-state index contributed by atoms with van der Waals surface area (Å²) in [4.78, 5) is 31.0. The maximum atomic E-state index is 12.7. The number of rotatable bonds is 6. The molecule has 1 aromatic heterocycles. The van der Waals surface area contributed by atoms with Gasteiger partial charge in [-0.1, -0.05) is 17.7 Å². The van der Waals surface area contributed by atoms with Crippen molar-refractivity contribution < 1.29 is 9.59 Å². The van der Waals surface area contributed by atoms with Crippen LogP contribution in [0.3, 0.4) is 0 Å². The highest BCUT2D eigenvalue weighted by atomic mass is 35.5. The van der Waals surface area contributed by atoms with E-state index in [-0.39, 0.29) is 41.8 Å². The first-order valence-electron chi connectivity index (χ1n) is 8.96. The van der Waals surface area contributed by atoms with Gasteiger partial charge in [0.25, 0.3) is 0 Å². The summed E-state index contributed by atoms with van der Waals surface area (Å²) in [7, 11) is 1.93. The van der Waals surface area contributed by atoms with Crippen molar-refractivity contribution in [3.05, 3.63) is 48.0 Å². The van der Waals surface area contributed by atoms with Gasteiger partial charge in [0.05, 0.1) is 11.5 Å². The van der Waals surface area contributed by atoms with E-state index >= 15 is 0 Å². The molecule has 0 radical (unpaired) electrons. The fourth-order valence-electron chi connectivity index (χ4n) is 3.08. The summed E-state index contributed by atoms with van der Waals surface area (Å²) in [5, 5.41) is 6.18. The third kappa shape index (κ3) is 5.73. The molecule has 2 aromatic rings. The van der Waals surface area contributed by atoms with Gasteiger partial charge in [-0.3, -0.25) is 9.59 Å². The molecular weight excluding hydrogens is 398 g/mol. The molecule has 1 saturated heterocycles. The van der Waals surface area contributed by atoms with E-state index in [1.165, 1.54) is 11.8 Å². The fraction of sp³-hybridized carbons (Fsp3) is 0.421. The number of hydrogen-bond acceptors (Lipinski definition) is 5. The minimum Gasteiger partial charge on any atom is -0.336 e. The van der Waals surface area contributed by atoms with Crippen LogP contribution in [-0.4, -0.2) is 57.4 Å². The molecule has 1 aliphatic heterocycles. The molecule has 1 fully saturated rings. The largest absolute Gasteiger partial charge is 0.336 e. The number of benzene rings is 1. The highest BCUT2D eigenvalue weighted by molar-refractivity contribution is 8.00. The van der Waals surface area contributed by atoms with E-state index in [1.54, 1.807) is 6.20 Å². The van der Waals surface area contributed by atoms with Crippen LogP contribution in [0.2, 0.25) is 0 Å². The second kappa shape index (κ2) is 10.5. The Bertz CT molecular complexity index is 796. The predicted octanol–water partition coefficient (Wildman–Crippen LogP) is 2.00. The number of carbonyl (C=O) groups is 2. The molecule has 2 amide bonds. The summed E-state index contributed by atoms with van der Waals surface area (Å²) >= 11 is 1.34. The summed E-state index contributed by atoms with van der Waals surface area (Å²) in [6, 6.07) is 7.58. The van der Waals surface area contributed by atoms with Crippen molar-refractivity contribution in [3.63, 3.8) is 0 Å². The van der Waals surface area contributed by atoms with Crippen LogP contribution in [-0.2, 0) is 16.6 Å². The Kier molecular flexibility index (Phi) is 8.35. The lowest BCUT2D eigenvalue weighted by atomic mass is 10.1.